The number of rotatable bonds is 5. The lowest BCUT2D eigenvalue weighted by atomic mass is 10.1. The summed E-state index contributed by atoms with van der Waals surface area (Å²) >= 11 is 0. The van der Waals surface area contributed by atoms with E-state index < -0.39 is 0 Å². The van der Waals surface area contributed by atoms with Crippen molar-refractivity contribution in [1.29, 1.82) is 0 Å². The van der Waals surface area contributed by atoms with Crippen LogP contribution in [0.4, 0.5) is 5.69 Å². The molecule has 2 aromatic heterocycles. The summed E-state index contributed by atoms with van der Waals surface area (Å²) in [5.41, 5.74) is 3.10. The molecular formula is C19H16N6O. The number of nitrogens with zero attached hydrogens (tertiary/aromatic N) is 5. The molecule has 0 fully saturated rings. The van der Waals surface area contributed by atoms with Crippen LogP contribution in [0.5, 0.6) is 0 Å². The van der Waals surface area contributed by atoms with Gasteiger partial charge in [0.2, 0.25) is 0 Å². The van der Waals surface area contributed by atoms with Gasteiger partial charge in [-0.25, -0.2) is 14.3 Å². The summed E-state index contributed by atoms with van der Waals surface area (Å²) in [4.78, 5) is 16.6. The van der Waals surface area contributed by atoms with Gasteiger partial charge in [0, 0.05) is 18.1 Å². The number of carbonyl (C=O) groups is 1. The van der Waals surface area contributed by atoms with Crippen molar-refractivity contribution < 1.29 is 4.79 Å². The summed E-state index contributed by atoms with van der Waals surface area (Å²) in [6.45, 7) is 0.635. The number of hydrogen-bond acceptors (Lipinski definition) is 4. The van der Waals surface area contributed by atoms with Crippen molar-refractivity contribution in [3.8, 4) is 5.69 Å². The van der Waals surface area contributed by atoms with Crippen LogP contribution in [-0.2, 0) is 6.54 Å². The number of benzene rings is 2. The third-order valence-electron chi connectivity index (χ3n) is 3.92. The quantitative estimate of drug-likeness (QED) is 0.604. The first kappa shape index (κ1) is 15.8. The Balaban J connectivity index is 1.50. The van der Waals surface area contributed by atoms with Crippen molar-refractivity contribution in [3.63, 3.8) is 0 Å². The molecule has 0 unspecified atom stereocenters. The summed E-state index contributed by atoms with van der Waals surface area (Å²) in [7, 11) is 0. The van der Waals surface area contributed by atoms with Crippen molar-refractivity contribution in [2.24, 2.45) is 0 Å². The predicted molar refractivity (Wildman–Crippen MR) is 97.1 cm³/mol. The lowest BCUT2D eigenvalue weighted by Gasteiger charge is -2.10. The molecule has 0 spiro atoms. The molecule has 0 aliphatic heterocycles. The van der Waals surface area contributed by atoms with Gasteiger partial charge in [-0.1, -0.05) is 24.3 Å². The lowest BCUT2D eigenvalue weighted by molar-refractivity contribution is 0.102. The molecule has 128 valence electrons. The Morgan fingerprint density at radius 1 is 1.00 bits per heavy atom. The zero-order chi connectivity index (χ0) is 17.8. The first-order valence-electron chi connectivity index (χ1n) is 8.11. The van der Waals surface area contributed by atoms with Crippen molar-refractivity contribution in [2.45, 2.75) is 6.54 Å². The highest BCUT2D eigenvalue weighted by molar-refractivity contribution is 6.06. The van der Waals surface area contributed by atoms with E-state index in [0.717, 1.165) is 16.9 Å². The molecule has 0 saturated carbocycles. The van der Waals surface area contributed by atoms with E-state index in [1.54, 1.807) is 28.0 Å². The number of carbonyl (C=O) groups excluding carboxylic acids is 1. The third-order valence-corrected chi connectivity index (χ3v) is 3.92. The van der Waals surface area contributed by atoms with Crippen LogP contribution < -0.4 is 5.32 Å². The van der Waals surface area contributed by atoms with E-state index >= 15 is 0 Å². The summed E-state index contributed by atoms with van der Waals surface area (Å²) in [6, 6.07) is 16.8. The number of hydrogen-bond donors (Lipinski definition) is 1. The van der Waals surface area contributed by atoms with Gasteiger partial charge >= 0.3 is 0 Å². The van der Waals surface area contributed by atoms with Gasteiger partial charge in [0.05, 0.1) is 17.8 Å². The van der Waals surface area contributed by atoms with E-state index in [4.69, 9.17) is 0 Å². The van der Waals surface area contributed by atoms with Gasteiger partial charge in [-0.15, -0.1) is 0 Å². The van der Waals surface area contributed by atoms with Crippen LogP contribution in [0.2, 0.25) is 0 Å². The van der Waals surface area contributed by atoms with Crippen LogP contribution in [0.25, 0.3) is 5.69 Å². The van der Waals surface area contributed by atoms with Crippen molar-refractivity contribution in [1.82, 2.24) is 24.5 Å². The number of para-hydroxylation sites is 1. The van der Waals surface area contributed by atoms with Crippen LogP contribution in [-0.4, -0.2) is 30.5 Å². The molecule has 0 saturated heterocycles. The summed E-state index contributed by atoms with van der Waals surface area (Å²) < 4.78 is 3.42. The number of amides is 1. The molecule has 0 atom stereocenters. The zero-order valence-electron chi connectivity index (χ0n) is 13.9. The second kappa shape index (κ2) is 7.02. The first-order valence-corrected chi connectivity index (χ1v) is 8.11. The molecule has 4 aromatic rings. The Labute approximate surface area is 149 Å². The largest absolute Gasteiger partial charge is 0.322 e. The fourth-order valence-electron chi connectivity index (χ4n) is 2.67. The highest BCUT2D eigenvalue weighted by atomic mass is 16.1. The minimum atomic E-state index is -0.180. The highest BCUT2D eigenvalue weighted by Gasteiger charge is 2.12. The van der Waals surface area contributed by atoms with Crippen LogP contribution in [0.1, 0.15) is 15.9 Å². The van der Waals surface area contributed by atoms with Gasteiger partial charge < -0.3 is 5.32 Å². The maximum Gasteiger partial charge on any atom is 0.257 e. The smallest absolute Gasteiger partial charge is 0.257 e. The second-order valence-electron chi connectivity index (χ2n) is 5.71. The lowest BCUT2D eigenvalue weighted by Crippen LogP contribution is -2.15. The maximum absolute atomic E-state index is 12.7. The maximum atomic E-state index is 12.7. The molecule has 0 bridgehead atoms. The van der Waals surface area contributed by atoms with E-state index in [0.29, 0.717) is 12.1 Å². The monoisotopic (exact) mass is 344 g/mol. The Morgan fingerprint density at radius 2 is 1.85 bits per heavy atom. The molecule has 2 aromatic carbocycles. The molecule has 26 heavy (non-hydrogen) atoms. The molecule has 0 aliphatic carbocycles. The standard InChI is InChI=1S/C19H16N6O/c26-19(17-4-1-2-5-18(17)25-11-3-10-21-25)23-16-8-6-15(7-9-16)12-24-14-20-13-22-24/h1-11,13-14H,12H2,(H,23,26). The molecule has 1 N–H and O–H groups in total. The van der Waals surface area contributed by atoms with Crippen LogP contribution in [0, 0.1) is 0 Å². The predicted octanol–water partition coefficient (Wildman–Crippen LogP) is 2.76. The zero-order valence-corrected chi connectivity index (χ0v) is 13.9. The number of nitrogens with one attached hydrogen (secondary N) is 1. The van der Waals surface area contributed by atoms with Gasteiger partial charge in [-0.2, -0.15) is 10.2 Å². The summed E-state index contributed by atoms with van der Waals surface area (Å²) in [5.74, 6) is -0.180. The topological polar surface area (TPSA) is 77.6 Å². The normalized spacial score (nSPS) is 10.6. The Bertz CT molecular complexity index is 991. The minimum absolute atomic E-state index is 0.180. The van der Waals surface area contributed by atoms with Gasteiger partial charge in [0.15, 0.2) is 0 Å². The van der Waals surface area contributed by atoms with Gasteiger partial charge in [-0.05, 0) is 35.9 Å². The van der Waals surface area contributed by atoms with Crippen LogP contribution in [0.15, 0.2) is 79.6 Å². The summed E-state index contributed by atoms with van der Waals surface area (Å²) in [5, 5.41) is 11.2. The fraction of sp³-hybridized carbons (Fsp3) is 0.0526. The van der Waals surface area contributed by atoms with Crippen molar-refractivity contribution in [3.05, 3.63) is 90.8 Å². The van der Waals surface area contributed by atoms with Gasteiger partial charge in [0.1, 0.15) is 12.7 Å². The number of aromatic nitrogens is 5. The molecule has 0 aliphatic rings. The summed E-state index contributed by atoms with van der Waals surface area (Å²) in [6.07, 6.45) is 6.67. The Kier molecular flexibility index (Phi) is 4.26. The molecule has 7 heteroatoms. The Hall–Kier alpha value is -3.74. The van der Waals surface area contributed by atoms with E-state index in [1.807, 2.05) is 54.7 Å². The van der Waals surface area contributed by atoms with Gasteiger partial charge in [0.25, 0.3) is 5.91 Å². The van der Waals surface area contributed by atoms with E-state index in [-0.39, 0.29) is 5.91 Å². The Morgan fingerprint density at radius 3 is 2.58 bits per heavy atom. The molecule has 0 radical (unpaired) electrons. The van der Waals surface area contributed by atoms with Crippen molar-refractivity contribution >= 4 is 11.6 Å². The number of anilines is 1. The second-order valence-corrected chi connectivity index (χ2v) is 5.71. The molecule has 1 amide bonds. The van der Waals surface area contributed by atoms with Crippen LogP contribution in [0.3, 0.4) is 0 Å². The van der Waals surface area contributed by atoms with Crippen molar-refractivity contribution in [2.75, 3.05) is 5.32 Å². The molecular weight excluding hydrogens is 328 g/mol. The first-order chi connectivity index (χ1) is 12.8. The van der Waals surface area contributed by atoms with E-state index in [1.165, 1.54) is 6.33 Å². The average Bonchev–Trinajstić information content (AvgIpc) is 3.37. The molecule has 4 rings (SSSR count). The van der Waals surface area contributed by atoms with E-state index in [2.05, 4.69) is 20.5 Å². The van der Waals surface area contributed by atoms with E-state index in [9.17, 15) is 4.79 Å². The van der Waals surface area contributed by atoms with Crippen LogP contribution >= 0.6 is 0 Å². The molecule has 7 nitrogen and oxygen atoms in total. The van der Waals surface area contributed by atoms with Gasteiger partial charge in [-0.3, -0.25) is 4.79 Å². The average molecular weight is 344 g/mol. The fourth-order valence-corrected chi connectivity index (χ4v) is 2.67. The minimum Gasteiger partial charge on any atom is -0.322 e. The SMILES string of the molecule is O=C(Nc1ccc(Cn2cncn2)cc1)c1ccccc1-n1cccn1. The molecule has 2 heterocycles. The highest BCUT2D eigenvalue weighted by Crippen LogP contribution is 2.17. The third kappa shape index (κ3) is 3.36.